The van der Waals surface area contributed by atoms with Crippen molar-refractivity contribution < 1.29 is 23.4 Å². The second kappa shape index (κ2) is 11.4. The Labute approximate surface area is 203 Å². The highest BCUT2D eigenvalue weighted by Crippen LogP contribution is 2.30. The minimum absolute atomic E-state index is 0.0479. The summed E-state index contributed by atoms with van der Waals surface area (Å²) in [5, 5.41) is 2.70. The molecule has 0 amide bonds. The van der Waals surface area contributed by atoms with Gasteiger partial charge in [0, 0.05) is 23.1 Å². The molecule has 0 fully saturated rings. The molecule has 0 atom stereocenters. The van der Waals surface area contributed by atoms with Crippen LogP contribution in [-0.2, 0) is 16.1 Å². The quantitative estimate of drug-likeness (QED) is 0.0889. The molecule has 6 nitrogen and oxygen atoms in total. The first-order valence-corrected chi connectivity index (χ1v) is 11.8. The summed E-state index contributed by atoms with van der Waals surface area (Å²) in [5.41, 5.74) is 1.36. The number of hydrogen-bond acceptors (Lipinski definition) is 6. The Kier molecular flexibility index (Phi) is 7.83. The van der Waals surface area contributed by atoms with Crippen molar-refractivity contribution >= 4 is 33.8 Å². The predicted octanol–water partition coefficient (Wildman–Crippen LogP) is 6.28. The van der Waals surface area contributed by atoms with E-state index in [2.05, 4.69) is 6.92 Å². The van der Waals surface area contributed by atoms with E-state index in [1.807, 2.05) is 55.5 Å². The van der Waals surface area contributed by atoms with Crippen LogP contribution < -0.4 is 15.1 Å². The van der Waals surface area contributed by atoms with Gasteiger partial charge in [-0.05, 0) is 54.0 Å². The van der Waals surface area contributed by atoms with E-state index < -0.39 is 11.6 Å². The van der Waals surface area contributed by atoms with E-state index in [0.717, 1.165) is 34.6 Å². The van der Waals surface area contributed by atoms with Gasteiger partial charge in [-0.25, -0.2) is 9.59 Å². The number of unbranched alkanes of at least 4 members (excludes halogenated alkanes) is 1. The fraction of sp³-hybridized carbons (Fsp3) is 0.241. The summed E-state index contributed by atoms with van der Waals surface area (Å²) >= 11 is 0. The van der Waals surface area contributed by atoms with Gasteiger partial charge >= 0.3 is 11.6 Å². The van der Waals surface area contributed by atoms with Crippen LogP contribution in [0.2, 0.25) is 0 Å². The average molecular weight is 473 g/mol. The number of carbonyl (C=O) groups excluding carboxylic acids is 1. The highest BCUT2D eigenvalue weighted by atomic mass is 16.5. The second-order valence-electron chi connectivity index (χ2n) is 8.03. The topological polar surface area (TPSA) is 75.0 Å². The molecule has 35 heavy (non-hydrogen) atoms. The minimum Gasteiger partial charge on any atom is -0.490 e. The lowest BCUT2D eigenvalue weighted by molar-refractivity contribution is -0.138. The molecule has 0 unspecified atom stereocenters. The molecule has 0 radical (unpaired) electrons. The lowest BCUT2D eigenvalue weighted by atomic mass is 10.0. The van der Waals surface area contributed by atoms with E-state index in [-0.39, 0.29) is 6.61 Å². The fourth-order valence-corrected chi connectivity index (χ4v) is 3.84. The Bertz CT molecular complexity index is 1420. The van der Waals surface area contributed by atoms with Gasteiger partial charge in [-0.3, -0.25) is 0 Å². The van der Waals surface area contributed by atoms with Crippen LogP contribution in [-0.4, -0.2) is 19.2 Å². The van der Waals surface area contributed by atoms with Crippen LogP contribution in [0.1, 0.15) is 37.8 Å². The second-order valence-corrected chi connectivity index (χ2v) is 8.03. The van der Waals surface area contributed by atoms with Crippen LogP contribution in [0.4, 0.5) is 0 Å². The normalized spacial score (nSPS) is 11.3. The molecule has 180 valence electrons. The number of ether oxygens (including phenoxy) is 3. The van der Waals surface area contributed by atoms with Crippen molar-refractivity contribution in [3.63, 3.8) is 0 Å². The van der Waals surface area contributed by atoms with E-state index in [4.69, 9.17) is 18.6 Å². The molecule has 0 aliphatic rings. The molecular formula is C29H28O6. The van der Waals surface area contributed by atoms with Gasteiger partial charge in [0.25, 0.3) is 0 Å². The molecule has 4 aromatic rings. The molecule has 0 bridgehead atoms. The standard InChI is InChI=1S/C29H28O6/c1-3-5-16-33-24-13-10-20(17-26(24)32-4-2)11-15-27(30)34-19-22-18-28(31)35-25-14-12-21-8-6-7-9-23(21)29(22)25/h6-15,17-18H,3-5,16,19H2,1-2H3. The Morgan fingerprint density at radius 1 is 0.971 bits per heavy atom. The maximum absolute atomic E-state index is 12.5. The molecule has 0 aliphatic heterocycles. The van der Waals surface area contributed by atoms with Gasteiger partial charge in [0.2, 0.25) is 0 Å². The van der Waals surface area contributed by atoms with E-state index >= 15 is 0 Å². The summed E-state index contributed by atoms with van der Waals surface area (Å²) < 4.78 is 22.3. The summed E-state index contributed by atoms with van der Waals surface area (Å²) in [4.78, 5) is 24.5. The molecule has 0 saturated carbocycles. The summed E-state index contributed by atoms with van der Waals surface area (Å²) in [5.74, 6) is 0.795. The first-order valence-electron chi connectivity index (χ1n) is 11.8. The number of benzene rings is 3. The Hall–Kier alpha value is -4.06. The van der Waals surface area contributed by atoms with Crippen LogP contribution in [0.3, 0.4) is 0 Å². The molecule has 0 saturated heterocycles. The third-order valence-corrected chi connectivity index (χ3v) is 5.52. The van der Waals surface area contributed by atoms with Crippen LogP contribution in [0.25, 0.3) is 27.8 Å². The van der Waals surface area contributed by atoms with Crippen LogP contribution in [0.15, 0.2) is 76.0 Å². The first-order chi connectivity index (χ1) is 17.1. The zero-order valence-corrected chi connectivity index (χ0v) is 19.9. The highest BCUT2D eigenvalue weighted by molar-refractivity contribution is 6.07. The summed E-state index contributed by atoms with van der Waals surface area (Å²) in [6.45, 7) is 5.10. The van der Waals surface area contributed by atoms with Crippen LogP contribution in [0, 0.1) is 0 Å². The zero-order chi connectivity index (χ0) is 24.6. The average Bonchev–Trinajstić information content (AvgIpc) is 2.87. The Morgan fingerprint density at radius 2 is 1.83 bits per heavy atom. The van der Waals surface area contributed by atoms with Gasteiger partial charge in [0.15, 0.2) is 11.5 Å². The fourth-order valence-electron chi connectivity index (χ4n) is 3.84. The van der Waals surface area contributed by atoms with Gasteiger partial charge in [0.1, 0.15) is 12.2 Å². The molecule has 0 aliphatic carbocycles. The highest BCUT2D eigenvalue weighted by Gasteiger charge is 2.11. The maximum atomic E-state index is 12.5. The van der Waals surface area contributed by atoms with E-state index in [0.29, 0.717) is 35.9 Å². The third-order valence-electron chi connectivity index (χ3n) is 5.52. The molecule has 6 heteroatoms. The monoisotopic (exact) mass is 472 g/mol. The number of carbonyl (C=O) groups is 1. The van der Waals surface area contributed by atoms with Gasteiger partial charge in [0.05, 0.1) is 13.2 Å². The van der Waals surface area contributed by atoms with E-state index in [1.54, 1.807) is 12.1 Å². The number of hydrogen-bond donors (Lipinski definition) is 0. The lowest BCUT2D eigenvalue weighted by Crippen LogP contribution is -2.06. The lowest BCUT2D eigenvalue weighted by Gasteiger charge is -2.12. The van der Waals surface area contributed by atoms with Gasteiger partial charge in [-0.1, -0.05) is 49.7 Å². The molecule has 0 spiro atoms. The Balaban J connectivity index is 1.49. The van der Waals surface area contributed by atoms with E-state index in [1.165, 1.54) is 12.1 Å². The summed E-state index contributed by atoms with van der Waals surface area (Å²) in [7, 11) is 0. The Morgan fingerprint density at radius 3 is 2.66 bits per heavy atom. The van der Waals surface area contributed by atoms with Crippen molar-refractivity contribution in [1.29, 1.82) is 0 Å². The van der Waals surface area contributed by atoms with Crippen molar-refractivity contribution in [2.75, 3.05) is 13.2 Å². The maximum Gasteiger partial charge on any atom is 0.336 e. The molecule has 3 aromatic carbocycles. The van der Waals surface area contributed by atoms with Gasteiger partial charge in [-0.2, -0.15) is 0 Å². The molecule has 1 heterocycles. The van der Waals surface area contributed by atoms with Crippen molar-refractivity contribution in [1.82, 2.24) is 0 Å². The molecule has 4 rings (SSSR count). The SMILES string of the molecule is CCCCOc1ccc(C=CC(=O)OCc2cc(=O)oc3ccc4ccccc4c23)cc1OCC. The summed E-state index contributed by atoms with van der Waals surface area (Å²) in [6, 6.07) is 18.4. The largest absolute Gasteiger partial charge is 0.490 e. The third kappa shape index (κ3) is 5.90. The first kappa shape index (κ1) is 24.1. The van der Waals surface area contributed by atoms with Crippen LogP contribution in [0.5, 0.6) is 11.5 Å². The molecule has 1 aromatic heterocycles. The van der Waals surface area contributed by atoms with Crippen molar-refractivity contribution in [3.8, 4) is 11.5 Å². The molecule has 0 N–H and O–H groups in total. The number of rotatable bonds is 10. The van der Waals surface area contributed by atoms with Gasteiger partial charge in [-0.15, -0.1) is 0 Å². The smallest absolute Gasteiger partial charge is 0.336 e. The van der Waals surface area contributed by atoms with Crippen molar-refractivity contribution in [2.24, 2.45) is 0 Å². The summed E-state index contributed by atoms with van der Waals surface area (Å²) in [6.07, 6.45) is 5.03. The van der Waals surface area contributed by atoms with E-state index in [9.17, 15) is 9.59 Å². The predicted molar refractivity (Wildman–Crippen MR) is 137 cm³/mol. The van der Waals surface area contributed by atoms with Crippen molar-refractivity contribution in [3.05, 3.63) is 88.3 Å². The van der Waals surface area contributed by atoms with Crippen molar-refractivity contribution in [2.45, 2.75) is 33.3 Å². The minimum atomic E-state index is -0.521. The van der Waals surface area contributed by atoms with Crippen LogP contribution >= 0.6 is 0 Å². The zero-order valence-electron chi connectivity index (χ0n) is 19.9. The number of esters is 1. The molecular weight excluding hydrogens is 444 g/mol. The number of fused-ring (bicyclic) bond motifs is 3. The van der Waals surface area contributed by atoms with Gasteiger partial charge < -0.3 is 18.6 Å².